The van der Waals surface area contributed by atoms with Crippen LogP contribution in [0.3, 0.4) is 0 Å². The molecule has 0 aliphatic carbocycles. The molecule has 0 unspecified atom stereocenters. The number of piperidine rings is 1. The molecule has 2 aromatic heterocycles. The molecule has 3 heterocycles. The molecule has 11 heteroatoms. The van der Waals surface area contributed by atoms with E-state index in [4.69, 9.17) is 4.52 Å². The van der Waals surface area contributed by atoms with Crippen molar-refractivity contribution in [3.8, 4) is 0 Å². The van der Waals surface area contributed by atoms with Crippen LogP contribution in [0.2, 0.25) is 0 Å². The number of anilines is 3. The Morgan fingerprint density at radius 1 is 1.08 bits per heavy atom. The van der Waals surface area contributed by atoms with Gasteiger partial charge in [-0.05, 0) is 55.0 Å². The fourth-order valence-electron chi connectivity index (χ4n) is 4.84. The van der Waals surface area contributed by atoms with Gasteiger partial charge in [0.2, 0.25) is 0 Å². The molecule has 1 aliphatic heterocycles. The summed E-state index contributed by atoms with van der Waals surface area (Å²) in [5, 5.41) is 6.70. The number of benzene rings is 2. The molecule has 39 heavy (non-hydrogen) atoms. The van der Waals surface area contributed by atoms with Crippen LogP contribution in [0.4, 0.5) is 21.6 Å². The second-order valence-electron chi connectivity index (χ2n) is 9.28. The minimum atomic E-state index is -4.12. The summed E-state index contributed by atoms with van der Waals surface area (Å²) in [4.78, 5) is 19.8. The van der Waals surface area contributed by atoms with E-state index in [1.54, 1.807) is 17.0 Å². The number of carbonyl (C=O) groups is 1. The van der Waals surface area contributed by atoms with E-state index in [1.165, 1.54) is 30.7 Å². The number of carbonyl (C=O) groups excluding carboxylic acids is 1. The third-order valence-electron chi connectivity index (χ3n) is 6.82. The van der Waals surface area contributed by atoms with E-state index in [0.717, 1.165) is 18.4 Å². The van der Waals surface area contributed by atoms with E-state index in [1.807, 2.05) is 37.3 Å². The molecule has 0 radical (unpaired) electrons. The molecular formula is C28H28FN5O4S. The lowest BCUT2D eigenvalue weighted by atomic mass is 9.89. The number of sulfonamides is 1. The Hall–Kier alpha value is -4.25. The number of halogens is 1. The van der Waals surface area contributed by atoms with Gasteiger partial charge in [-0.25, -0.2) is 9.37 Å². The minimum absolute atomic E-state index is 0.0283. The maximum atomic E-state index is 13.8. The molecule has 1 saturated heterocycles. The van der Waals surface area contributed by atoms with Crippen molar-refractivity contribution in [1.29, 1.82) is 0 Å². The normalized spacial score (nSPS) is 14.3. The SMILES string of the molecule is CCc1c(S(=O)(=O)Nc2ccon2)ncc(C(=O)N2CCC(c3ccc(F)cc3)CC2)c1Nc1ccccc1. The van der Waals surface area contributed by atoms with Crippen molar-refractivity contribution >= 4 is 33.1 Å². The molecule has 4 aromatic rings. The van der Waals surface area contributed by atoms with E-state index in [2.05, 4.69) is 20.2 Å². The molecule has 202 valence electrons. The maximum Gasteiger partial charge on any atom is 0.280 e. The van der Waals surface area contributed by atoms with E-state index in [9.17, 15) is 17.6 Å². The quantitative estimate of drug-likeness (QED) is 0.305. The van der Waals surface area contributed by atoms with Gasteiger partial charge < -0.3 is 14.7 Å². The topological polar surface area (TPSA) is 117 Å². The zero-order valence-corrected chi connectivity index (χ0v) is 22.1. The summed E-state index contributed by atoms with van der Waals surface area (Å²) in [6.07, 6.45) is 4.35. The molecule has 0 saturated carbocycles. The van der Waals surface area contributed by atoms with Gasteiger partial charge in [-0.15, -0.1) is 0 Å². The van der Waals surface area contributed by atoms with Gasteiger partial charge in [-0.2, -0.15) is 8.42 Å². The number of rotatable bonds is 8. The van der Waals surface area contributed by atoms with E-state index >= 15 is 0 Å². The van der Waals surface area contributed by atoms with Crippen LogP contribution in [0.1, 0.15) is 47.2 Å². The number of pyridine rings is 1. The van der Waals surface area contributed by atoms with Gasteiger partial charge in [0.1, 0.15) is 12.1 Å². The first kappa shape index (κ1) is 26.4. The van der Waals surface area contributed by atoms with Crippen LogP contribution < -0.4 is 10.0 Å². The number of hydrogen-bond acceptors (Lipinski definition) is 7. The summed E-state index contributed by atoms with van der Waals surface area (Å²) in [6, 6.07) is 17.1. The van der Waals surface area contributed by atoms with Gasteiger partial charge in [-0.1, -0.05) is 42.4 Å². The van der Waals surface area contributed by atoms with E-state index in [0.29, 0.717) is 36.4 Å². The standard InChI is InChI=1S/C28H28FN5O4S/c1-2-23-26(31-22-6-4-3-5-7-22)24(18-30-27(23)39(36,37)33-25-14-17-38-32-25)28(35)34-15-12-20(13-16-34)19-8-10-21(29)11-9-19/h3-11,14,17-18,20H,2,12-13,15-16H2,1H3,(H,30,31)(H,32,33). The summed E-state index contributed by atoms with van der Waals surface area (Å²) in [6.45, 7) is 2.84. The van der Waals surface area contributed by atoms with Crippen LogP contribution in [-0.2, 0) is 16.4 Å². The summed E-state index contributed by atoms with van der Waals surface area (Å²) in [7, 11) is -4.12. The van der Waals surface area contributed by atoms with Gasteiger partial charge in [0.25, 0.3) is 15.9 Å². The second-order valence-corrected chi connectivity index (χ2v) is 10.9. The Balaban J connectivity index is 1.46. The molecular weight excluding hydrogens is 521 g/mol. The highest BCUT2D eigenvalue weighted by atomic mass is 32.2. The first-order valence-electron chi connectivity index (χ1n) is 12.7. The van der Waals surface area contributed by atoms with E-state index < -0.39 is 10.0 Å². The molecule has 2 N–H and O–H groups in total. The monoisotopic (exact) mass is 549 g/mol. The van der Waals surface area contributed by atoms with Gasteiger partial charge in [-0.3, -0.25) is 9.52 Å². The molecule has 2 aromatic carbocycles. The summed E-state index contributed by atoms with van der Waals surface area (Å²) in [5.41, 5.74) is 2.82. The van der Waals surface area contributed by atoms with Gasteiger partial charge >= 0.3 is 0 Å². The predicted octanol–water partition coefficient (Wildman–Crippen LogP) is 5.34. The highest BCUT2D eigenvalue weighted by molar-refractivity contribution is 7.92. The zero-order valence-electron chi connectivity index (χ0n) is 21.3. The number of nitrogens with zero attached hydrogens (tertiary/aromatic N) is 3. The van der Waals surface area contributed by atoms with Crippen LogP contribution in [0, 0.1) is 5.82 Å². The average Bonchev–Trinajstić information content (AvgIpc) is 3.46. The van der Waals surface area contributed by atoms with Crippen LogP contribution in [-0.4, -0.2) is 42.5 Å². The lowest BCUT2D eigenvalue weighted by Gasteiger charge is -2.33. The number of nitrogens with one attached hydrogen (secondary N) is 2. The number of likely N-dealkylation sites (tertiary alicyclic amines) is 1. The van der Waals surface area contributed by atoms with Crippen molar-refractivity contribution in [2.24, 2.45) is 0 Å². The zero-order chi connectivity index (χ0) is 27.4. The molecule has 0 spiro atoms. The van der Waals surface area contributed by atoms with Crippen molar-refractivity contribution in [2.75, 3.05) is 23.1 Å². The Morgan fingerprint density at radius 2 is 1.79 bits per heavy atom. The second kappa shape index (κ2) is 11.2. The summed E-state index contributed by atoms with van der Waals surface area (Å²) in [5.74, 6) is -0.246. The average molecular weight is 550 g/mol. The highest BCUT2D eigenvalue weighted by Crippen LogP contribution is 2.34. The molecule has 1 fully saturated rings. The molecule has 1 amide bonds. The Labute approximate surface area is 226 Å². The lowest BCUT2D eigenvalue weighted by Crippen LogP contribution is -2.38. The number of amides is 1. The largest absolute Gasteiger partial charge is 0.363 e. The summed E-state index contributed by atoms with van der Waals surface area (Å²) >= 11 is 0. The van der Waals surface area contributed by atoms with Gasteiger partial charge in [0, 0.05) is 36.6 Å². The minimum Gasteiger partial charge on any atom is -0.363 e. The molecule has 0 atom stereocenters. The molecule has 9 nitrogen and oxygen atoms in total. The number of para-hydroxylation sites is 1. The third kappa shape index (κ3) is 5.78. The maximum absolute atomic E-state index is 13.8. The van der Waals surface area contributed by atoms with Crippen molar-refractivity contribution in [3.05, 3.63) is 95.6 Å². The Bertz CT molecular complexity index is 1540. The molecule has 5 rings (SSSR count). The van der Waals surface area contributed by atoms with Gasteiger partial charge in [0.15, 0.2) is 10.8 Å². The Kier molecular flexibility index (Phi) is 7.60. The van der Waals surface area contributed by atoms with Gasteiger partial charge in [0.05, 0.1) is 11.3 Å². The Morgan fingerprint density at radius 3 is 2.44 bits per heavy atom. The van der Waals surface area contributed by atoms with Crippen LogP contribution in [0.25, 0.3) is 0 Å². The first-order chi connectivity index (χ1) is 18.9. The van der Waals surface area contributed by atoms with Crippen molar-refractivity contribution in [1.82, 2.24) is 15.0 Å². The van der Waals surface area contributed by atoms with E-state index in [-0.39, 0.29) is 34.0 Å². The first-order valence-corrected chi connectivity index (χ1v) is 14.2. The lowest BCUT2D eigenvalue weighted by molar-refractivity contribution is 0.0713. The fraction of sp³-hybridized carbons (Fsp3) is 0.250. The van der Waals surface area contributed by atoms with Crippen molar-refractivity contribution in [3.63, 3.8) is 0 Å². The van der Waals surface area contributed by atoms with Crippen LogP contribution in [0.15, 0.2) is 82.7 Å². The van der Waals surface area contributed by atoms with Crippen LogP contribution in [0.5, 0.6) is 0 Å². The molecule has 0 bridgehead atoms. The predicted molar refractivity (Wildman–Crippen MR) is 145 cm³/mol. The third-order valence-corrected chi connectivity index (χ3v) is 8.16. The summed E-state index contributed by atoms with van der Waals surface area (Å²) < 4.78 is 47.0. The van der Waals surface area contributed by atoms with Crippen molar-refractivity contribution in [2.45, 2.75) is 37.1 Å². The smallest absolute Gasteiger partial charge is 0.280 e. The van der Waals surface area contributed by atoms with Crippen LogP contribution >= 0.6 is 0 Å². The number of aromatic nitrogens is 2. The van der Waals surface area contributed by atoms with Crippen molar-refractivity contribution < 1.29 is 22.1 Å². The molecule has 1 aliphatic rings. The highest BCUT2D eigenvalue weighted by Gasteiger charge is 2.30. The number of hydrogen-bond donors (Lipinski definition) is 2. The fourth-order valence-corrected chi connectivity index (χ4v) is 6.08.